The maximum absolute atomic E-state index is 14.2. The fourth-order valence-corrected chi connectivity index (χ4v) is 9.51. The molecule has 2 atom stereocenters. The monoisotopic (exact) mass is 646 g/mol. The van der Waals surface area contributed by atoms with Gasteiger partial charge in [0.2, 0.25) is 5.95 Å². The highest BCUT2D eigenvalue weighted by Gasteiger charge is 2.42. The van der Waals surface area contributed by atoms with Crippen LogP contribution in [0.4, 0.5) is 30.5 Å². The molecule has 1 saturated carbocycles. The number of thiophene rings is 1. The molecule has 6 heterocycles. The molecule has 1 aliphatic carbocycles. The molecule has 3 aromatic rings. The van der Waals surface area contributed by atoms with E-state index in [4.69, 9.17) is 4.74 Å². The summed E-state index contributed by atoms with van der Waals surface area (Å²) in [5.74, 6) is -0.547. The predicted molar refractivity (Wildman–Crippen MR) is 157 cm³/mol. The van der Waals surface area contributed by atoms with Gasteiger partial charge < -0.3 is 25.2 Å². The number of rotatable bonds is 6. The number of carbonyl (C=O) groups excluding carboxylic acids is 1. The number of nitrogens with one attached hydrogen (secondary N) is 2. The third-order valence-corrected chi connectivity index (χ3v) is 12.1. The van der Waals surface area contributed by atoms with Gasteiger partial charge in [-0.15, -0.1) is 11.3 Å². The van der Waals surface area contributed by atoms with Crippen LogP contribution in [0.25, 0.3) is 10.6 Å². The Morgan fingerprint density at radius 2 is 1.93 bits per heavy atom. The van der Waals surface area contributed by atoms with Gasteiger partial charge in [0.1, 0.15) is 10.4 Å². The van der Waals surface area contributed by atoms with Crippen LogP contribution in [0.5, 0.6) is 0 Å². The first kappa shape index (κ1) is 28.2. The lowest BCUT2D eigenvalue weighted by Gasteiger charge is -2.36. The molecule has 0 radical (unpaired) electrons. The average Bonchev–Trinajstić information content (AvgIpc) is 3.36. The van der Waals surface area contributed by atoms with Gasteiger partial charge in [0.05, 0.1) is 40.5 Å². The van der Waals surface area contributed by atoms with E-state index in [0.29, 0.717) is 48.7 Å². The van der Waals surface area contributed by atoms with Crippen LogP contribution in [-0.4, -0.2) is 85.9 Å². The summed E-state index contributed by atoms with van der Waals surface area (Å²) >= 11 is 0.713. The van der Waals surface area contributed by atoms with Crippen molar-refractivity contribution in [2.24, 2.45) is 0 Å². The van der Waals surface area contributed by atoms with Gasteiger partial charge in [0, 0.05) is 49.3 Å². The normalized spacial score (nSPS) is 24.8. The number of aromatic nitrogens is 2. The van der Waals surface area contributed by atoms with Gasteiger partial charge in [0.25, 0.3) is 5.91 Å². The molecule has 4 aliphatic heterocycles. The Bertz CT molecular complexity index is 1770. The second-order valence-corrected chi connectivity index (χ2v) is 15.2. The van der Waals surface area contributed by atoms with Crippen molar-refractivity contribution in [3.05, 3.63) is 46.5 Å². The molecule has 5 aliphatic rings. The minimum Gasteiger partial charge on any atom is -0.377 e. The van der Waals surface area contributed by atoms with Crippen LogP contribution in [0.1, 0.15) is 46.0 Å². The first-order chi connectivity index (χ1) is 21.0. The van der Waals surface area contributed by atoms with Gasteiger partial charge in [0.15, 0.2) is 9.84 Å². The first-order valence-electron chi connectivity index (χ1n) is 14.7. The number of carbonyl (C=O) groups is 1. The molecule has 1 amide bonds. The van der Waals surface area contributed by atoms with Crippen molar-refractivity contribution in [1.29, 1.82) is 0 Å². The summed E-state index contributed by atoms with van der Waals surface area (Å²) in [4.78, 5) is 25.1. The van der Waals surface area contributed by atoms with Gasteiger partial charge in [-0.1, -0.05) is 0 Å². The zero-order valence-corrected chi connectivity index (χ0v) is 25.1. The molecule has 3 saturated heterocycles. The van der Waals surface area contributed by atoms with Crippen molar-refractivity contribution in [2.75, 3.05) is 48.8 Å². The van der Waals surface area contributed by atoms with E-state index in [9.17, 15) is 26.4 Å². The molecule has 4 fully saturated rings. The number of nitrogens with zero attached hydrogens (tertiary/aromatic N) is 4. The molecule has 0 unspecified atom stereocenters. The smallest absolute Gasteiger partial charge is 0.377 e. The number of amides is 1. The largest absolute Gasteiger partial charge is 0.420 e. The molecular weight excluding hydrogens is 617 g/mol. The molecular formula is C29H29F3N6O4S2. The second-order valence-electron chi connectivity index (χ2n) is 12.1. The highest BCUT2D eigenvalue weighted by Crippen LogP contribution is 2.47. The zero-order chi connectivity index (χ0) is 30.4. The standard InChI is InChI=1S/C29H29F3N6O4S2/c30-29(31,32)21-11-34-28(35-22-4-3-17(8-20(22)15-1-2-15)38-12-16-7-18(38)10-33-16)36-25(21)23-9-24-26(43-23)27(39)37(19-13-42-14-19)5-6-44(24,40)41/h3-4,8-9,11,15-16,18-19,33H,1-2,5-7,10,12-14H2,(H,34,35,36)/t16-,18-/m1/s1. The maximum Gasteiger partial charge on any atom is 0.420 e. The zero-order valence-electron chi connectivity index (χ0n) is 23.4. The van der Waals surface area contributed by atoms with E-state index >= 15 is 0 Å². The Labute approximate surface area is 255 Å². The average molecular weight is 647 g/mol. The SMILES string of the molecule is O=C1c2sc(-c3nc(Nc4ccc(N5C[C@H]6C[C@@H]5CN6)cc4C4CC4)ncc3C(F)(F)F)cc2S(=O)(=O)CCN1C1COC1. The fraction of sp³-hybridized carbons (Fsp3) is 0.483. The lowest BCUT2D eigenvalue weighted by molar-refractivity contribution is -0.137. The summed E-state index contributed by atoms with van der Waals surface area (Å²) in [6.07, 6.45) is -0.926. The third kappa shape index (κ3) is 4.84. The fourth-order valence-electron chi connectivity index (χ4n) is 6.59. The lowest BCUT2D eigenvalue weighted by atomic mass is 10.1. The van der Waals surface area contributed by atoms with Crippen molar-refractivity contribution in [2.45, 2.75) is 54.4 Å². The van der Waals surface area contributed by atoms with Crippen molar-refractivity contribution in [3.63, 3.8) is 0 Å². The summed E-state index contributed by atoms with van der Waals surface area (Å²) in [5, 5.41) is 6.66. The Morgan fingerprint density at radius 3 is 2.59 bits per heavy atom. The van der Waals surface area contributed by atoms with E-state index in [1.165, 1.54) is 4.90 Å². The molecule has 1 aromatic carbocycles. The molecule has 0 spiro atoms. The number of hydrogen-bond donors (Lipinski definition) is 2. The molecule has 44 heavy (non-hydrogen) atoms. The van der Waals surface area contributed by atoms with E-state index in [-0.39, 0.29) is 38.9 Å². The number of sulfone groups is 1. The number of ether oxygens (including phenoxy) is 1. The number of hydrogen-bond acceptors (Lipinski definition) is 10. The highest BCUT2D eigenvalue weighted by atomic mass is 32.2. The van der Waals surface area contributed by atoms with Crippen LogP contribution >= 0.6 is 11.3 Å². The van der Waals surface area contributed by atoms with Crippen LogP contribution in [-0.2, 0) is 20.8 Å². The quantitative estimate of drug-likeness (QED) is 0.410. The Balaban J connectivity index is 1.16. The van der Waals surface area contributed by atoms with Crippen molar-refractivity contribution >= 4 is 44.4 Å². The highest BCUT2D eigenvalue weighted by molar-refractivity contribution is 7.91. The summed E-state index contributed by atoms with van der Waals surface area (Å²) in [7, 11) is -3.92. The van der Waals surface area contributed by atoms with Crippen molar-refractivity contribution in [3.8, 4) is 10.6 Å². The van der Waals surface area contributed by atoms with E-state index in [1.807, 2.05) is 12.1 Å². The Morgan fingerprint density at radius 1 is 1.11 bits per heavy atom. The molecule has 2 bridgehead atoms. The molecule has 2 aromatic heterocycles. The topological polar surface area (TPSA) is 117 Å². The van der Waals surface area contributed by atoms with Crippen LogP contribution in [0.15, 0.2) is 35.4 Å². The third-order valence-electron chi connectivity index (χ3n) is 9.16. The lowest BCUT2D eigenvalue weighted by Crippen LogP contribution is -2.52. The number of fused-ring (bicyclic) bond motifs is 3. The van der Waals surface area contributed by atoms with Crippen LogP contribution in [0.2, 0.25) is 0 Å². The van der Waals surface area contributed by atoms with Gasteiger partial charge in [-0.25, -0.2) is 18.4 Å². The van der Waals surface area contributed by atoms with Crippen LogP contribution in [0, 0.1) is 0 Å². The Hall–Kier alpha value is -3.27. The molecule has 2 N–H and O–H groups in total. The minimum absolute atomic E-state index is 0.000688. The Kier molecular flexibility index (Phi) is 6.49. The number of halogens is 3. The predicted octanol–water partition coefficient (Wildman–Crippen LogP) is 4.02. The summed E-state index contributed by atoms with van der Waals surface area (Å²) in [6.45, 7) is 2.48. The minimum atomic E-state index is -4.81. The van der Waals surface area contributed by atoms with Crippen molar-refractivity contribution in [1.82, 2.24) is 20.2 Å². The van der Waals surface area contributed by atoms with Gasteiger partial charge in [-0.05, 0) is 55.0 Å². The second kappa shape index (κ2) is 10.1. The van der Waals surface area contributed by atoms with E-state index in [0.717, 1.165) is 55.4 Å². The summed E-state index contributed by atoms with van der Waals surface area (Å²) < 4.78 is 74.1. The van der Waals surface area contributed by atoms with Crippen molar-refractivity contribution < 1.29 is 31.1 Å². The maximum atomic E-state index is 14.2. The van der Waals surface area contributed by atoms with Gasteiger partial charge in [-0.2, -0.15) is 13.2 Å². The first-order valence-corrected chi connectivity index (χ1v) is 17.1. The molecule has 232 valence electrons. The van der Waals surface area contributed by atoms with Crippen LogP contribution in [0.3, 0.4) is 0 Å². The number of anilines is 3. The number of alkyl halides is 3. The summed E-state index contributed by atoms with van der Waals surface area (Å²) in [6, 6.07) is 7.95. The van der Waals surface area contributed by atoms with Gasteiger partial charge >= 0.3 is 6.18 Å². The molecule has 8 rings (SSSR count). The molecule has 15 heteroatoms. The van der Waals surface area contributed by atoms with E-state index in [2.05, 4.69) is 31.6 Å². The van der Waals surface area contributed by atoms with Crippen LogP contribution < -0.4 is 15.5 Å². The van der Waals surface area contributed by atoms with Gasteiger partial charge in [-0.3, -0.25) is 4.79 Å². The van der Waals surface area contributed by atoms with E-state index in [1.54, 1.807) is 0 Å². The number of piperazine rings is 1. The molecule has 10 nitrogen and oxygen atoms in total. The van der Waals surface area contributed by atoms with E-state index < -0.39 is 33.2 Å². The number of benzene rings is 1. The summed E-state index contributed by atoms with van der Waals surface area (Å²) in [5.41, 5.74) is 1.35.